The zero-order valence-corrected chi connectivity index (χ0v) is 18.3. The molecule has 0 unspecified atom stereocenters. The molecule has 0 saturated carbocycles. The second-order valence-corrected chi connectivity index (χ2v) is 8.15. The molecule has 0 amide bonds. The summed E-state index contributed by atoms with van der Waals surface area (Å²) in [6, 6.07) is 20.6. The van der Waals surface area contributed by atoms with Gasteiger partial charge in [0.25, 0.3) is 0 Å². The highest BCUT2D eigenvalue weighted by molar-refractivity contribution is 5.71. The van der Waals surface area contributed by atoms with E-state index in [-0.39, 0.29) is 12.5 Å². The van der Waals surface area contributed by atoms with E-state index in [1.165, 1.54) is 5.56 Å². The lowest BCUT2D eigenvalue weighted by Gasteiger charge is -2.33. The number of fused-ring (bicyclic) bond motifs is 1. The first-order valence-electron chi connectivity index (χ1n) is 11.0. The maximum absolute atomic E-state index is 11.2. The van der Waals surface area contributed by atoms with Gasteiger partial charge in [0, 0.05) is 30.3 Å². The molecule has 3 N–H and O–H groups in total. The van der Waals surface area contributed by atoms with E-state index >= 15 is 0 Å². The van der Waals surface area contributed by atoms with Gasteiger partial charge in [-0.15, -0.1) is 0 Å². The van der Waals surface area contributed by atoms with Gasteiger partial charge in [0.2, 0.25) is 0 Å². The van der Waals surface area contributed by atoms with Crippen LogP contribution in [0.15, 0.2) is 66.9 Å². The molecule has 166 valence electrons. The average Bonchev–Trinajstić information content (AvgIpc) is 2.82. The van der Waals surface area contributed by atoms with Crippen molar-refractivity contribution in [3.63, 3.8) is 0 Å². The molecule has 2 heterocycles. The van der Waals surface area contributed by atoms with Gasteiger partial charge in [0.15, 0.2) is 0 Å². The number of nitrogens with one attached hydrogen (secondary N) is 2. The number of ether oxygens (including phenoxy) is 1. The number of carboxylic acid groups (broad SMARTS) is 1. The number of hydrogen-bond donors (Lipinski definition) is 3. The van der Waals surface area contributed by atoms with Gasteiger partial charge in [-0.3, -0.25) is 9.78 Å². The normalized spacial score (nSPS) is 16.0. The Hall–Kier alpha value is -3.38. The van der Waals surface area contributed by atoms with E-state index in [0.717, 1.165) is 42.9 Å². The number of nitrogens with zero attached hydrogens (tertiary/aromatic N) is 1. The minimum Gasteiger partial charge on any atom is -0.496 e. The van der Waals surface area contributed by atoms with E-state index in [2.05, 4.69) is 45.9 Å². The molecule has 6 nitrogen and oxygen atoms in total. The minimum atomic E-state index is -0.860. The van der Waals surface area contributed by atoms with Gasteiger partial charge < -0.3 is 20.5 Å². The first kappa shape index (κ1) is 21.8. The maximum Gasteiger partial charge on any atom is 0.307 e. The first-order chi connectivity index (χ1) is 15.6. The van der Waals surface area contributed by atoms with Gasteiger partial charge in [-0.05, 0) is 48.7 Å². The van der Waals surface area contributed by atoms with Crippen LogP contribution in [-0.2, 0) is 24.1 Å². The van der Waals surface area contributed by atoms with Crippen LogP contribution in [0.4, 0.5) is 5.69 Å². The smallest absolute Gasteiger partial charge is 0.307 e. The lowest BCUT2D eigenvalue weighted by atomic mass is 9.86. The van der Waals surface area contributed by atoms with Crippen LogP contribution in [-0.4, -0.2) is 36.3 Å². The van der Waals surface area contributed by atoms with E-state index in [4.69, 9.17) is 4.74 Å². The Morgan fingerprint density at radius 2 is 2.06 bits per heavy atom. The Morgan fingerprint density at radius 3 is 2.84 bits per heavy atom. The summed E-state index contributed by atoms with van der Waals surface area (Å²) in [6.07, 6.45) is 3.53. The molecule has 0 fully saturated rings. The topological polar surface area (TPSA) is 83.5 Å². The second kappa shape index (κ2) is 10.3. The zero-order valence-electron chi connectivity index (χ0n) is 18.3. The molecule has 0 aliphatic carbocycles. The second-order valence-electron chi connectivity index (χ2n) is 8.15. The number of carboxylic acids is 1. The van der Waals surface area contributed by atoms with Crippen LogP contribution in [0.1, 0.15) is 28.4 Å². The van der Waals surface area contributed by atoms with Crippen LogP contribution in [0.2, 0.25) is 0 Å². The number of pyridine rings is 1. The summed E-state index contributed by atoms with van der Waals surface area (Å²) in [5.74, 6) is 0.130. The Morgan fingerprint density at radius 1 is 1.22 bits per heavy atom. The third-order valence-corrected chi connectivity index (χ3v) is 5.99. The summed E-state index contributed by atoms with van der Waals surface area (Å²) in [5, 5.41) is 16.5. The highest BCUT2D eigenvalue weighted by Gasteiger charge is 2.27. The predicted octanol–water partition coefficient (Wildman–Crippen LogP) is 3.88. The van der Waals surface area contributed by atoms with Crippen molar-refractivity contribution in [2.45, 2.75) is 25.3 Å². The Balaban J connectivity index is 1.47. The number of rotatable bonds is 9. The van der Waals surface area contributed by atoms with Crippen LogP contribution < -0.4 is 15.4 Å². The van der Waals surface area contributed by atoms with Gasteiger partial charge in [-0.2, -0.15) is 0 Å². The van der Waals surface area contributed by atoms with Crippen molar-refractivity contribution in [1.29, 1.82) is 0 Å². The van der Waals surface area contributed by atoms with E-state index in [0.29, 0.717) is 17.2 Å². The highest BCUT2D eigenvalue weighted by Crippen LogP contribution is 2.31. The molecule has 2 aromatic carbocycles. The first-order valence-corrected chi connectivity index (χ1v) is 11.0. The van der Waals surface area contributed by atoms with Crippen molar-refractivity contribution in [2.75, 3.05) is 25.5 Å². The van der Waals surface area contributed by atoms with E-state index in [1.54, 1.807) is 7.11 Å². The number of aromatic nitrogens is 1. The molecular formula is C26H29N3O3. The number of aliphatic carboxylic acids is 1. The largest absolute Gasteiger partial charge is 0.496 e. The number of carbonyl (C=O) groups is 1. The quantitative estimate of drug-likeness (QED) is 0.477. The van der Waals surface area contributed by atoms with E-state index in [9.17, 15) is 9.90 Å². The van der Waals surface area contributed by atoms with E-state index in [1.807, 2.05) is 36.5 Å². The van der Waals surface area contributed by atoms with Crippen molar-refractivity contribution >= 4 is 11.7 Å². The molecule has 2 atom stereocenters. The van der Waals surface area contributed by atoms with Gasteiger partial charge in [0.1, 0.15) is 5.75 Å². The SMILES string of the molecule is COc1ccc(CCN[C@H](c2ccccc2)[C@H]2CNc3cccnc3C2)cc1CC(=O)O. The molecular weight excluding hydrogens is 402 g/mol. The lowest BCUT2D eigenvalue weighted by molar-refractivity contribution is -0.136. The minimum absolute atomic E-state index is 0.0444. The molecule has 32 heavy (non-hydrogen) atoms. The molecule has 3 aromatic rings. The van der Waals surface area contributed by atoms with Crippen LogP contribution in [0.25, 0.3) is 0 Å². The number of benzene rings is 2. The number of hydrogen-bond acceptors (Lipinski definition) is 5. The summed E-state index contributed by atoms with van der Waals surface area (Å²) in [5.41, 5.74) is 5.30. The monoisotopic (exact) mass is 431 g/mol. The third kappa shape index (κ3) is 5.26. The molecule has 0 bridgehead atoms. The average molecular weight is 432 g/mol. The summed E-state index contributed by atoms with van der Waals surface area (Å²) in [6.45, 7) is 1.67. The summed E-state index contributed by atoms with van der Waals surface area (Å²) >= 11 is 0. The third-order valence-electron chi connectivity index (χ3n) is 5.99. The summed E-state index contributed by atoms with van der Waals surface area (Å²) in [4.78, 5) is 15.8. The van der Waals surface area contributed by atoms with Gasteiger partial charge in [-0.25, -0.2) is 0 Å². The van der Waals surface area contributed by atoms with Crippen molar-refractivity contribution < 1.29 is 14.6 Å². The molecule has 1 aliphatic heterocycles. The summed E-state index contributed by atoms with van der Waals surface area (Å²) in [7, 11) is 1.57. The van der Waals surface area contributed by atoms with Gasteiger partial charge >= 0.3 is 5.97 Å². The standard InChI is InChI=1S/C26H29N3O3/c1-32-24-10-9-18(14-20(24)16-25(30)31)11-13-28-26(19-6-3-2-4-7-19)21-15-23-22(29-17-21)8-5-12-27-23/h2-10,12,14,21,26,28-29H,11,13,15-17H2,1H3,(H,30,31)/t21-,26-/m1/s1. The molecule has 0 spiro atoms. The molecule has 4 rings (SSSR count). The molecule has 6 heteroatoms. The van der Waals surface area contributed by atoms with Gasteiger partial charge in [0.05, 0.1) is 24.9 Å². The number of anilines is 1. The highest BCUT2D eigenvalue weighted by atomic mass is 16.5. The van der Waals surface area contributed by atoms with Crippen LogP contribution in [0.5, 0.6) is 5.75 Å². The van der Waals surface area contributed by atoms with E-state index < -0.39 is 5.97 Å². The lowest BCUT2D eigenvalue weighted by Crippen LogP contribution is -2.37. The Labute approximate surface area is 188 Å². The van der Waals surface area contributed by atoms with Crippen molar-refractivity contribution in [2.24, 2.45) is 5.92 Å². The zero-order chi connectivity index (χ0) is 22.3. The predicted molar refractivity (Wildman–Crippen MR) is 125 cm³/mol. The van der Waals surface area contributed by atoms with Crippen molar-refractivity contribution in [3.05, 3.63) is 89.2 Å². The fourth-order valence-corrected chi connectivity index (χ4v) is 4.44. The van der Waals surface area contributed by atoms with Crippen LogP contribution >= 0.6 is 0 Å². The fraction of sp³-hybridized carbons (Fsp3) is 0.308. The Kier molecular flexibility index (Phi) is 7.02. The van der Waals surface area contributed by atoms with Crippen LogP contribution in [0.3, 0.4) is 0 Å². The Bertz CT molecular complexity index is 1060. The number of methoxy groups -OCH3 is 1. The molecule has 1 aromatic heterocycles. The van der Waals surface area contributed by atoms with Crippen molar-refractivity contribution in [3.8, 4) is 5.75 Å². The molecule has 0 saturated heterocycles. The van der Waals surface area contributed by atoms with Crippen LogP contribution in [0, 0.1) is 5.92 Å². The van der Waals surface area contributed by atoms with Gasteiger partial charge in [-0.1, -0.05) is 42.5 Å². The molecule has 0 radical (unpaired) electrons. The van der Waals surface area contributed by atoms with Crippen molar-refractivity contribution in [1.82, 2.24) is 10.3 Å². The fourth-order valence-electron chi connectivity index (χ4n) is 4.44. The summed E-state index contributed by atoms with van der Waals surface area (Å²) < 4.78 is 5.32. The molecule has 1 aliphatic rings. The maximum atomic E-state index is 11.2.